The van der Waals surface area contributed by atoms with Gasteiger partial charge in [-0.05, 0) is 28.1 Å². The summed E-state index contributed by atoms with van der Waals surface area (Å²) >= 11 is 6.39. The van der Waals surface area contributed by atoms with Gasteiger partial charge in [0.25, 0.3) is 5.56 Å². The number of carbonyl (C=O) groups excluding carboxylic acids is 1. The summed E-state index contributed by atoms with van der Waals surface area (Å²) in [7, 11) is 0. The monoisotopic (exact) mass is 370 g/mol. The Morgan fingerprint density at radius 1 is 1.33 bits per heavy atom. The van der Waals surface area contributed by atoms with E-state index >= 15 is 0 Å². The molecule has 0 spiro atoms. The van der Waals surface area contributed by atoms with E-state index in [1.807, 2.05) is 6.07 Å². The first-order valence-electron chi connectivity index (χ1n) is 5.06. The number of hydrogen-bond acceptors (Lipinski definition) is 3. The molecule has 0 fully saturated rings. The van der Waals surface area contributed by atoms with Crippen molar-refractivity contribution in [2.24, 2.45) is 0 Å². The Morgan fingerprint density at radius 2 is 2.11 bits per heavy atom. The third-order valence-corrected chi connectivity index (χ3v) is 3.36. The Balaban J connectivity index is 2.27. The van der Waals surface area contributed by atoms with Crippen LogP contribution in [0.15, 0.2) is 50.5 Å². The molecule has 1 heterocycles. The molecule has 0 bridgehead atoms. The highest BCUT2D eigenvalue weighted by molar-refractivity contribution is 9.10. The second-order valence-corrected chi connectivity index (χ2v) is 5.38. The van der Waals surface area contributed by atoms with Crippen LogP contribution in [0.2, 0.25) is 0 Å². The third-order valence-electron chi connectivity index (χ3n) is 2.32. The van der Waals surface area contributed by atoms with Gasteiger partial charge in [-0.2, -0.15) is 0 Å². The van der Waals surface area contributed by atoms with Gasteiger partial charge in [-0.25, -0.2) is 4.98 Å². The summed E-state index contributed by atoms with van der Waals surface area (Å²) in [6.45, 7) is -0.0261. The number of rotatable bonds is 3. The summed E-state index contributed by atoms with van der Waals surface area (Å²) < 4.78 is 2.44. The van der Waals surface area contributed by atoms with Crippen LogP contribution in [0, 0.1) is 0 Å². The van der Waals surface area contributed by atoms with E-state index in [0.29, 0.717) is 10.0 Å². The summed E-state index contributed by atoms with van der Waals surface area (Å²) in [6, 6.07) is 7.05. The van der Waals surface area contributed by atoms with E-state index in [9.17, 15) is 9.59 Å². The molecule has 0 radical (unpaired) electrons. The van der Waals surface area contributed by atoms with Crippen molar-refractivity contribution in [3.05, 3.63) is 61.7 Å². The van der Waals surface area contributed by atoms with Crippen LogP contribution in [-0.2, 0) is 6.54 Å². The fraction of sp³-hybridized carbons (Fsp3) is 0.0833. The van der Waals surface area contributed by atoms with Gasteiger partial charge >= 0.3 is 0 Å². The van der Waals surface area contributed by atoms with E-state index in [1.54, 1.807) is 18.2 Å². The summed E-state index contributed by atoms with van der Waals surface area (Å²) in [5.74, 6) is -0.140. The minimum Gasteiger partial charge on any atom is -0.292 e. The van der Waals surface area contributed by atoms with Crippen LogP contribution in [0.3, 0.4) is 0 Å². The van der Waals surface area contributed by atoms with Gasteiger partial charge in [-0.15, -0.1) is 0 Å². The van der Waals surface area contributed by atoms with E-state index in [4.69, 9.17) is 0 Å². The fourth-order valence-corrected chi connectivity index (χ4v) is 2.19. The molecule has 0 unspecified atom stereocenters. The number of hydrogen-bond donors (Lipinski definition) is 0. The Hall–Kier alpha value is -1.27. The first kappa shape index (κ1) is 13.2. The number of aromatic nitrogens is 2. The van der Waals surface area contributed by atoms with Gasteiger partial charge in [0.05, 0.1) is 12.9 Å². The summed E-state index contributed by atoms with van der Waals surface area (Å²) in [4.78, 5) is 27.6. The molecule has 92 valence electrons. The molecule has 1 aromatic heterocycles. The van der Waals surface area contributed by atoms with Gasteiger partial charge in [0, 0.05) is 16.2 Å². The van der Waals surface area contributed by atoms with Crippen LogP contribution in [0.4, 0.5) is 0 Å². The van der Waals surface area contributed by atoms with Crippen molar-refractivity contribution in [1.29, 1.82) is 0 Å². The van der Waals surface area contributed by atoms with Gasteiger partial charge in [-0.1, -0.05) is 28.1 Å². The lowest BCUT2D eigenvalue weighted by atomic mass is 10.1. The van der Waals surface area contributed by atoms with Gasteiger partial charge in [0.1, 0.15) is 4.47 Å². The SMILES string of the molecule is O=C(Cn1cncc(Br)c1=O)c1cccc(Br)c1. The lowest BCUT2D eigenvalue weighted by molar-refractivity contribution is 0.0970. The fourth-order valence-electron chi connectivity index (χ4n) is 1.44. The van der Waals surface area contributed by atoms with Crippen molar-refractivity contribution < 1.29 is 4.79 Å². The van der Waals surface area contributed by atoms with E-state index < -0.39 is 0 Å². The first-order valence-corrected chi connectivity index (χ1v) is 6.65. The second-order valence-electron chi connectivity index (χ2n) is 3.61. The average Bonchev–Trinajstić information content (AvgIpc) is 2.35. The molecule has 0 saturated heterocycles. The Bertz CT molecular complexity index is 653. The van der Waals surface area contributed by atoms with Crippen molar-refractivity contribution in [2.45, 2.75) is 6.54 Å². The van der Waals surface area contributed by atoms with Crippen LogP contribution in [0.5, 0.6) is 0 Å². The predicted octanol–water partition coefficient (Wildman–Crippen LogP) is 2.65. The molecule has 2 aromatic rings. The highest BCUT2D eigenvalue weighted by Gasteiger charge is 2.09. The van der Waals surface area contributed by atoms with E-state index in [2.05, 4.69) is 36.8 Å². The molecule has 0 atom stereocenters. The minimum absolute atomic E-state index is 0.0261. The molecule has 4 nitrogen and oxygen atoms in total. The zero-order valence-electron chi connectivity index (χ0n) is 9.14. The largest absolute Gasteiger partial charge is 0.292 e. The molecule has 2 rings (SSSR count). The quantitative estimate of drug-likeness (QED) is 0.779. The number of carbonyl (C=O) groups is 1. The van der Waals surface area contributed by atoms with Crippen molar-refractivity contribution >= 4 is 37.6 Å². The Morgan fingerprint density at radius 3 is 2.83 bits per heavy atom. The van der Waals surface area contributed by atoms with Crippen LogP contribution in [-0.4, -0.2) is 15.3 Å². The second kappa shape index (κ2) is 5.58. The maximum atomic E-state index is 12.0. The smallest absolute Gasteiger partial charge is 0.268 e. The number of ketones is 1. The summed E-state index contributed by atoms with van der Waals surface area (Å²) in [6.07, 6.45) is 2.76. The van der Waals surface area contributed by atoms with E-state index in [-0.39, 0.29) is 17.9 Å². The van der Waals surface area contributed by atoms with Crippen LogP contribution >= 0.6 is 31.9 Å². The van der Waals surface area contributed by atoms with E-state index in [0.717, 1.165) is 4.47 Å². The lowest BCUT2D eigenvalue weighted by Crippen LogP contribution is -2.24. The molecule has 0 aliphatic heterocycles. The van der Waals surface area contributed by atoms with Gasteiger partial charge in [0.15, 0.2) is 5.78 Å². The number of halogens is 2. The van der Waals surface area contributed by atoms with Crippen molar-refractivity contribution in [3.8, 4) is 0 Å². The van der Waals surface area contributed by atoms with Gasteiger partial charge < -0.3 is 0 Å². The number of Topliss-reactive ketones (excluding diaryl/α,β-unsaturated/α-hetero) is 1. The zero-order chi connectivity index (χ0) is 13.1. The van der Waals surface area contributed by atoms with Crippen molar-refractivity contribution in [3.63, 3.8) is 0 Å². The third kappa shape index (κ3) is 2.94. The summed E-state index contributed by atoms with van der Waals surface area (Å²) in [5, 5.41) is 0. The molecular weight excluding hydrogens is 364 g/mol. The summed E-state index contributed by atoms with van der Waals surface area (Å²) in [5.41, 5.74) is 0.282. The average molecular weight is 372 g/mol. The zero-order valence-corrected chi connectivity index (χ0v) is 12.3. The van der Waals surface area contributed by atoms with Crippen LogP contribution in [0.25, 0.3) is 0 Å². The molecule has 18 heavy (non-hydrogen) atoms. The minimum atomic E-state index is -0.270. The molecule has 0 N–H and O–H groups in total. The van der Waals surface area contributed by atoms with Gasteiger partial charge in [-0.3, -0.25) is 14.2 Å². The standard InChI is InChI=1S/C12H8Br2N2O2/c13-9-3-1-2-8(4-9)11(17)6-16-7-15-5-10(14)12(16)18/h1-5,7H,6H2. The Labute approximate surface area is 120 Å². The molecule has 0 aliphatic rings. The van der Waals surface area contributed by atoms with Gasteiger partial charge in [0.2, 0.25) is 0 Å². The van der Waals surface area contributed by atoms with Crippen LogP contribution < -0.4 is 5.56 Å². The van der Waals surface area contributed by atoms with E-state index in [1.165, 1.54) is 17.1 Å². The number of benzene rings is 1. The van der Waals surface area contributed by atoms with Crippen LogP contribution in [0.1, 0.15) is 10.4 Å². The first-order chi connectivity index (χ1) is 8.58. The maximum Gasteiger partial charge on any atom is 0.268 e. The highest BCUT2D eigenvalue weighted by Crippen LogP contribution is 2.12. The topological polar surface area (TPSA) is 52.0 Å². The highest BCUT2D eigenvalue weighted by atomic mass is 79.9. The number of nitrogens with zero attached hydrogens (tertiary/aromatic N) is 2. The Kier molecular flexibility index (Phi) is 4.08. The molecule has 0 amide bonds. The molecule has 1 aromatic carbocycles. The molecule has 6 heteroatoms. The van der Waals surface area contributed by atoms with Crippen molar-refractivity contribution in [2.75, 3.05) is 0 Å². The normalized spacial score (nSPS) is 10.3. The predicted molar refractivity (Wildman–Crippen MR) is 74.7 cm³/mol. The lowest BCUT2D eigenvalue weighted by Gasteiger charge is -2.05. The molecule has 0 saturated carbocycles. The molecule has 0 aliphatic carbocycles. The molecular formula is C12H8Br2N2O2. The van der Waals surface area contributed by atoms with Crippen molar-refractivity contribution in [1.82, 2.24) is 9.55 Å². The maximum absolute atomic E-state index is 12.0.